The van der Waals surface area contributed by atoms with E-state index in [4.69, 9.17) is 14.2 Å². The van der Waals surface area contributed by atoms with E-state index in [9.17, 15) is 24.0 Å². The second kappa shape index (κ2) is 19.2. The summed E-state index contributed by atoms with van der Waals surface area (Å²) in [5.41, 5.74) is 1.03. The van der Waals surface area contributed by atoms with Gasteiger partial charge in [-0.2, -0.15) is 0 Å². The van der Waals surface area contributed by atoms with Gasteiger partial charge in [-0.3, -0.25) is 28.9 Å². The van der Waals surface area contributed by atoms with Crippen LogP contribution in [0.25, 0.3) is 0 Å². The molecule has 3 heterocycles. The molecule has 2 fully saturated rings. The number of amides is 3. The minimum absolute atomic E-state index is 0.0535. The minimum Gasteiger partial charge on any atom is -0.469 e. The maximum atomic E-state index is 14.3. The zero-order valence-corrected chi connectivity index (χ0v) is 34.0. The van der Waals surface area contributed by atoms with Crippen LogP contribution in [0.5, 0.6) is 0 Å². The second-order valence-corrected chi connectivity index (χ2v) is 16.7. The van der Waals surface area contributed by atoms with E-state index in [1.165, 1.54) is 36.7 Å². The quantitative estimate of drug-likeness (QED) is 0.211. The molecule has 53 heavy (non-hydrogen) atoms. The third-order valence-corrected chi connectivity index (χ3v) is 12.2. The molecule has 4 rings (SSSR count). The summed E-state index contributed by atoms with van der Waals surface area (Å²) >= 11 is 2.68. The lowest BCUT2D eigenvalue weighted by atomic mass is 9.91. The first-order chi connectivity index (χ1) is 25.1. The Balaban J connectivity index is 1.51. The van der Waals surface area contributed by atoms with Crippen LogP contribution in [-0.2, 0) is 39.8 Å². The average molecular weight is 777 g/mol. The molecular weight excluding hydrogens is 721 g/mol. The van der Waals surface area contributed by atoms with Crippen LogP contribution >= 0.6 is 22.7 Å². The molecule has 0 spiro atoms. The zero-order valence-electron chi connectivity index (χ0n) is 32.4. The van der Waals surface area contributed by atoms with E-state index < -0.39 is 48.1 Å². The number of ether oxygens (including phenoxy) is 3. The Hall–Kier alpha value is -3.47. The maximum absolute atomic E-state index is 14.3. The van der Waals surface area contributed by atoms with Gasteiger partial charge in [0.15, 0.2) is 6.10 Å². The van der Waals surface area contributed by atoms with E-state index in [0.717, 1.165) is 23.5 Å². The van der Waals surface area contributed by atoms with Crippen LogP contribution in [0.15, 0.2) is 10.8 Å². The SMILES string of the molecule is COC(=O)[C@@H](C)C[C@H](Cc1nc(C)cs1)NC(=O)c1csc([C@@H](C[C@H](C(C)C)N(C)C(=O)[C@@H](NC(=O)[C@H]2COCCN2C)[C@@H](C)C2CC2)OC(C)=O)n1. The Morgan fingerprint density at radius 3 is 2.36 bits per heavy atom. The van der Waals surface area contributed by atoms with Crippen LogP contribution in [-0.4, -0.2) is 115 Å². The molecule has 14 nitrogen and oxygen atoms in total. The molecule has 1 aliphatic heterocycles. The molecule has 294 valence electrons. The van der Waals surface area contributed by atoms with Gasteiger partial charge in [-0.15, -0.1) is 22.7 Å². The third-order valence-electron chi connectivity index (χ3n) is 10.2. The average Bonchev–Trinajstić information content (AvgIpc) is 3.70. The van der Waals surface area contributed by atoms with Gasteiger partial charge in [-0.25, -0.2) is 9.97 Å². The lowest BCUT2D eigenvalue weighted by Gasteiger charge is -2.38. The number of thiazole rings is 2. The van der Waals surface area contributed by atoms with Crippen LogP contribution in [0.4, 0.5) is 0 Å². The molecule has 2 aliphatic rings. The highest BCUT2D eigenvalue weighted by Gasteiger charge is 2.42. The highest BCUT2D eigenvalue weighted by molar-refractivity contribution is 7.10. The molecule has 1 aliphatic carbocycles. The number of methoxy groups -OCH3 is 1. The summed E-state index contributed by atoms with van der Waals surface area (Å²) in [7, 11) is 4.94. The van der Waals surface area contributed by atoms with Crippen molar-refractivity contribution in [1.29, 1.82) is 0 Å². The largest absolute Gasteiger partial charge is 0.469 e. The predicted octanol–water partition coefficient (Wildman–Crippen LogP) is 3.79. The molecule has 0 aromatic carbocycles. The molecule has 0 bridgehead atoms. The van der Waals surface area contributed by atoms with Crippen molar-refractivity contribution in [3.05, 3.63) is 32.2 Å². The summed E-state index contributed by atoms with van der Waals surface area (Å²) < 4.78 is 16.3. The monoisotopic (exact) mass is 776 g/mol. The Morgan fingerprint density at radius 2 is 1.77 bits per heavy atom. The molecule has 3 amide bonds. The Bertz CT molecular complexity index is 1580. The number of esters is 2. The number of carbonyl (C=O) groups excluding carboxylic acids is 5. The molecular formula is C37H56N6O8S2. The van der Waals surface area contributed by atoms with Crippen LogP contribution in [0.1, 0.15) is 92.6 Å². The molecule has 1 saturated carbocycles. The van der Waals surface area contributed by atoms with Crippen LogP contribution in [0.3, 0.4) is 0 Å². The fourth-order valence-corrected chi connectivity index (χ4v) is 8.52. The molecule has 2 aromatic heterocycles. The Morgan fingerprint density at radius 1 is 1.06 bits per heavy atom. The summed E-state index contributed by atoms with van der Waals surface area (Å²) in [6.45, 7) is 12.4. The number of nitrogens with zero attached hydrogens (tertiary/aromatic N) is 4. The standard InChI is InChI=1S/C37H56N6O8S2/c1-20(2)28(43(8)36(47)32(23(5)25-10-11-25)41-34(46)29-17-50-13-12-42(29)7)16-30(51-24(6)44)35-40-27(19-53-35)33(45)39-26(14-21(3)37(48)49-9)15-31-38-22(4)18-52-31/h18-21,23,25-26,28-30,32H,10-17H2,1-9H3,(H,39,45)(H,41,46)/t21-,23-,26+,28+,29+,30+,32-/m0/s1. The van der Waals surface area contributed by atoms with Crippen molar-refractivity contribution in [3.63, 3.8) is 0 Å². The van der Waals surface area contributed by atoms with Crippen LogP contribution in [0, 0.1) is 30.6 Å². The zero-order chi connectivity index (χ0) is 39.0. The van der Waals surface area contributed by atoms with Gasteiger partial charge in [0.05, 0.1) is 31.2 Å². The minimum atomic E-state index is -0.836. The van der Waals surface area contributed by atoms with Crippen molar-refractivity contribution in [2.45, 2.75) is 104 Å². The predicted molar refractivity (Wildman–Crippen MR) is 201 cm³/mol. The number of aryl methyl sites for hydroxylation is 1. The van der Waals surface area contributed by atoms with Gasteiger partial charge < -0.3 is 29.7 Å². The van der Waals surface area contributed by atoms with E-state index in [2.05, 4.69) is 20.6 Å². The first-order valence-corrected chi connectivity index (χ1v) is 20.1. The Labute approximate surface area is 320 Å². The molecule has 0 radical (unpaired) electrons. The van der Waals surface area contributed by atoms with E-state index in [-0.39, 0.29) is 48.3 Å². The number of morpholine rings is 1. The molecule has 16 heteroatoms. The normalized spacial score (nSPS) is 19.7. The van der Waals surface area contributed by atoms with Gasteiger partial charge in [0.1, 0.15) is 22.8 Å². The number of likely N-dealkylation sites (N-methyl/N-ethyl adjacent to an activating group) is 2. The molecule has 1 saturated heterocycles. The lowest BCUT2D eigenvalue weighted by Crippen LogP contribution is -2.59. The number of carbonyl (C=O) groups is 5. The van der Waals surface area contributed by atoms with E-state index in [0.29, 0.717) is 36.9 Å². The summed E-state index contributed by atoms with van der Waals surface area (Å²) in [6, 6.07) is -2.03. The van der Waals surface area contributed by atoms with Gasteiger partial charge in [-0.1, -0.05) is 27.7 Å². The topological polar surface area (TPSA) is 169 Å². The molecule has 7 atom stereocenters. The van der Waals surface area contributed by atoms with Crippen molar-refractivity contribution in [2.24, 2.45) is 23.7 Å². The molecule has 0 unspecified atom stereocenters. The smallest absolute Gasteiger partial charge is 0.308 e. The fourth-order valence-electron chi connectivity index (χ4n) is 6.83. The number of hydrogen-bond donors (Lipinski definition) is 2. The van der Waals surface area contributed by atoms with Gasteiger partial charge in [-0.05, 0) is 51.0 Å². The van der Waals surface area contributed by atoms with Crippen LogP contribution in [0.2, 0.25) is 0 Å². The highest BCUT2D eigenvalue weighted by atomic mass is 32.1. The number of nitrogens with one attached hydrogen (secondary N) is 2. The van der Waals surface area contributed by atoms with Gasteiger partial charge in [0, 0.05) is 61.9 Å². The first kappa shape index (κ1) is 42.3. The lowest BCUT2D eigenvalue weighted by molar-refractivity contribution is -0.149. The van der Waals surface area contributed by atoms with Gasteiger partial charge >= 0.3 is 11.9 Å². The van der Waals surface area contributed by atoms with E-state index in [1.807, 2.05) is 45.0 Å². The number of hydrogen-bond acceptors (Lipinski definition) is 13. The maximum Gasteiger partial charge on any atom is 0.308 e. The fraction of sp³-hybridized carbons (Fsp3) is 0.703. The molecule has 2 aromatic rings. The number of rotatable bonds is 18. The van der Waals surface area contributed by atoms with Gasteiger partial charge in [0.2, 0.25) is 11.8 Å². The van der Waals surface area contributed by atoms with Crippen molar-refractivity contribution >= 4 is 52.3 Å². The second-order valence-electron chi connectivity index (χ2n) is 14.8. The van der Waals surface area contributed by atoms with Crippen LogP contribution < -0.4 is 10.6 Å². The van der Waals surface area contributed by atoms with Crippen molar-refractivity contribution in [2.75, 3.05) is 41.0 Å². The van der Waals surface area contributed by atoms with Gasteiger partial charge in [0.25, 0.3) is 5.91 Å². The van der Waals surface area contributed by atoms with Crippen molar-refractivity contribution < 1.29 is 38.2 Å². The van der Waals surface area contributed by atoms with E-state index in [1.54, 1.807) is 24.3 Å². The Kier molecular flexibility index (Phi) is 15.3. The van der Waals surface area contributed by atoms with Crippen molar-refractivity contribution in [1.82, 2.24) is 30.4 Å². The number of aromatic nitrogens is 2. The summed E-state index contributed by atoms with van der Waals surface area (Å²) in [5.74, 6) is -2.00. The first-order valence-electron chi connectivity index (χ1n) is 18.4. The molecule has 2 N–H and O–H groups in total. The third kappa shape index (κ3) is 11.8. The van der Waals surface area contributed by atoms with Crippen molar-refractivity contribution in [3.8, 4) is 0 Å². The summed E-state index contributed by atoms with van der Waals surface area (Å²) in [5, 5.41) is 10.9. The highest BCUT2D eigenvalue weighted by Crippen LogP contribution is 2.39. The van der Waals surface area contributed by atoms with E-state index >= 15 is 0 Å². The summed E-state index contributed by atoms with van der Waals surface area (Å²) in [4.78, 5) is 78.8. The summed E-state index contributed by atoms with van der Waals surface area (Å²) in [6.07, 6.45) is 2.18.